The normalized spacial score (nSPS) is 10.5. The van der Waals surface area contributed by atoms with Gasteiger partial charge in [0.1, 0.15) is 5.75 Å². The zero-order chi connectivity index (χ0) is 19.1. The Morgan fingerprint density at radius 1 is 0.741 bits per heavy atom. The van der Waals surface area contributed by atoms with E-state index in [-0.39, 0.29) is 0 Å². The average Bonchev–Trinajstić information content (AvgIpc) is 2.68. The molecule has 0 N–H and O–H groups in total. The first-order chi connectivity index (χ1) is 13.2. The van der Waals surface area contributed by atoms with Gasteiger partial charge in [-0.25, -0.2) is 8.78 Å². The molecule has 0 aromatic heterocycles. The number of unbranched alkanes of at least 4 members (excludes halogenated alkanes) is 3. The van der Waals surface area contributed by atoms with Crippen molar-refractivity contribution in [1.82, 2.24) is 0 Å². The Balaban J connectivity index is 1.70. The zero-order valence-corrected chi connectivity index (χ0v) is 15.4. The van der Waals surface area contributed by atoms with Crippen molar-refractivity contribution in [2.24, 2.45) is 0 Å². The number of ether oxygens (including phenoxy) is 1. The number of rotatable bonds is 6. The minimum absolute atomic E-state index is 0.445. The molecule has 3 aromatic carbocycles. The number of halogens is 2. The summed E-state index contributed by atoms with van der Waals surface area (Å²) < 4.78 is 32.0. The van der Waals surface area contributed by atoms with Crippen molar-refractivity contribution in [2.45, 2.75) is 32.6 Å². The van der Waals surface area contributed by atoms with E-state index in [4.69, 9.17) is 4.74 Å². The molecule has 0 unspecified atom stereocenters. The van der Waals surface area contributed by atoms with E-state index in [1.165, 1.54) is 25.3 Å². The Morgan fingerprint density at radius 3 is 2.22 bits per heavy atom. The molecule has 27 heavy (non-hydrogen) atoms. The van der Waals surface area contributed by atoms with E-state index in [2.05, 4.69) is 18.8 Å². The fraction of sp³-hybridized carbons (Fsp3) is 0.250. The van der Waals surface area contributed by atoms with Crippen LogP contribution >= 0.6 is 0 Å². The predicted molar refractivity (Wildman–Crippen MR) is 106 cm³/mol. The van der Waals surface area contributed by atoms with Crippen LogP contribution < -0.4 is 4.74 Å². The number of hydrogen-bond acceptors (Lipinski definition) is 1. The highest BCUT2D eigenvalue weighted by Crippen LogP contribution is 2.22. The van der Waals surface area contributed by atoms with Gasteiger partial charge in [-0.1, -0.05) is 50.2 Å². The van der Waals surface area contributed by atoms with Crippen LogP contribution in [0.4, 0.5) is 8.78 Å². The van der Waals surface area contributed by atoms with Crippen molar-refractivity contribution >= 4 is 10.8 Å². The topological polar surface area (TPSA) is 9.23 Å². The Bertz CT molecular complexity index is 983. The predicted octanol–water partition coefficient (Wildman–Crippen LogP) is 6.48. The first kappa shape index (κ1) is 18.9. The molecule has 3 heteroatoms. The van der Waals surface area contributed by atoms with Gasteiger partial charge in [-0.2, -0.15) is 0 Å². The smallest absolute Gasteiger partial charge is 0.160 e. The van der Waals surface area contributed by atoms with Gasteiger partial charge in [-0.05, 0) is 59.7 Å². The molecular formula is C24H22F2O. The van der Waals surface area contributed by atoms with E-state index >= 15 is 0 Å². The van der Waals surface area contributed by atoms with Gasteiger partial charge in [0, 0.05) is 11.1 Å². The fourth-order valence-corrected chi connectivity index (χ4v) is 2.83. The quantitative estimate of drug-likeness (QED) is 0.359. The van der Waals surface area contributed by atoms with Crippen LogP contribution in [0.15, 0.2) is 54.6 Å². The van der Waals surface area contributed by atoms with E-state index in [1.807, 2.05) is 36.4 Å². The molecule has 138 valence electrons. The monoisotopic (exact) mass is 364 g/mol. The van der Waals surface area contributed by atoms with Gasteiger partial charge in [0.25, 0.3) is 0 Å². The van der Waals surface area contributed by atoms with Crippen molar-refractivity contribution < 1.29 is 13.5 Å². The van der Waals surface area contributed by atoms with Gasteiger partial charge < -0.3 is 4.74 Å². The van der Waals surface area contributed by atoms with Crippen LogP contribution in [0.25, 0.3) is 10.8 Å². The molecule has 0 saturated carbocycles. The molecule has 0 atom stereocenters. The lowest BCUT2D eigenvalue weighted by atomic mass is 10.1. The SMILES string of the molecule is CCCCCCOc1ccc2cc(C#Cc3ccc(F)c(F)c3)ccc2c1. The van der Waals surface area contributed by atoms with Gasteiger partial charge in [0.15, 0.2) is 11.6 Å². The summed E-state index contributed by atoms with van der Waals surface area (Å²) in [5, 5.41) is 2.14. The van der Waals surface area contributed by atoms with Crippen molar-refractivity contribution in [3.8, 4) is 17.6 Å². The third kappa shape index (κ3) is 5.31. The van der Waals surface area contributed by atoms with Crippen molar-refractivity contribution in [2.75, 3.05) is 6.61 Å². The lowest BCUT2D eigenvalue weighted by Crippen LogP contribution is -1.97. The summed E-state index contributed by atoms with van der Waals surface area (Å²) in [4.78, 5) is 0. The van der Waals surface area contributed by atoms with Gasteiger partial charge in [-0.3, -0.25) is 0 Å². The summed E-state index contributed by atoms with van der Waals surface area (Å²) >= 11 is 0. The maximum absolute atomic E-state index is 13.2. The molecule has 0 radical (unpaired) electrons. The van der Waals surface area contributed by atoms with E-state index in [1.54, 1.807) is 0 Å². The van der Waals surface area contributed by atoms with Gasteiger partial charge in [-0.15, -0.1) is 0 Å². The number of hydrogen-bond donors (Lipinski definition) is 0. The van der Waals surface area contributed by atoms with Crippen LogP contribution in [0, 0.1) is 23.5 Å². The van der Waals surface area contributed by atoms with E-state index in [0.717, 1.165) is 47.2 Å². The van der Waals surface area contributed by atoms with E-state index < -0.39 is 11.6 Å². The van der Waals surface area contributed by atoms with Gasteiger partial charge in [0.05, 0.1) is 6.61 Å². The molecule has 0 spiro atoms. The lowest BCUT2D eigenvalue weighted by Gasteiger charge is -2.07. The highest BCUT2D eigenvalue weighted by atomic mass is 19.2. The Kier molecular flexibility index (Phi) is 6.44. The summed E-state index contributed by atoms with van der Waals surface area (Å²) in [6, 6.07) is 15.6. The molecule has 0 heterocycles. The highest BCUT2D eigenvalue weighted by Gasteiger charge is 2.01. The lowest BCUT2D eigenvalue weighted by molar-refractivity contribution is 0.305. The molecule has 0 saturated heterocycles. The standard InChI is InChI=1S/C24H22F2O/c1-2-3-4-5-14-27-22-12-11-20-15-18(8-10-21(20)17-22)6-7-19-9-13-23(25)24(26)16-19/h8-13,15-17H,2-5,14H2,1H3. The molecule has 0 aliphatic rings. The highest BCUT2D eigenvalue weighted by molar-refractivity contribution is 5.85. The van der Waals surface area contributed by atoms with Crippen LogP contribution in [0.3, 0.4) is 0 Å². The molecule has 0 aliphatic carbocycles. The summed E-state index contributed by atoms with van der Waals surface area (Å²) in [7, 11) is 0. The van der Waals surface area contributed by atoms with Crippen molar-refractivity contribution in [3.63, 3.8) is 0 Å². The van der Waals surface area contributed by atoms with Crippen LogP contribution in [0.5, 0.6) is 5.75 Å². The second kappa shape index (κ2) is 9.19. The molecule has 1 nitrogen and oxygen atoms in total. The van der Waals surface area contributed by atoms with Gasteiger partial charge >= 0.3 is 0 Å². The first-order valence-corrected chi connectivity index (χ1v) is 9.29. The summed E-state index contributed by atoms with van der Waals surface area (Å²) in [6.07, 6.45) is 4.74. The average molecular weight is 364 g/mol. The second-order valence-electron chi connectivity index (χ2n) is 6.51. The first-order valence-electron chi connectivity index (χ1n) is 9.29. The fourth-order valence-electron chi connectivity index (χ4n) is 2.83. The third-order valence-electron chi connectivity index (χ3n) is 4.35. The van der Waals surface area contributed by atoms with Crippen LogP contribution in [0.2, 0.25) is 0 Å². The third-order valence-corrected chi connectivity index (χ3v) is 4.35. The van der Waals surface area contributed by atoms with Crippen LogP contribution in [-0.2, 0) is 0 Å². The van der Waals surface area contributed by atoms with Gasteiger partial charge in [0.2, 0.25) is 0 Å². The molecule has 0 amide bonds. The van der Waals surface area contributed by atoms with E-state index in [0.29, 0.717) is 5.56 Å². The summed E-state index contributed by atoms with van der Waals surface area (Å²) in [5.41, 5.74) is 1.27. The molecule has 0 bridgehead atoms. The molecule has 3 aromatic rings. The van der Waals surface area contributed by atoms with E-state index in [9.17, 15) is 8.78 Å². The Labute approximate surface area is 159 Å². The Morgan fingerprint density at radius 2 is 1.44 bits per heavy atom. The largest absolute Gasteiger partial charge is 0.494 e. The number of benzene rings is 3. The molecule has 3 rings (SSSR count). The molecule has 0 aliphatic heterocycles. The minimum Gasteiger partial charge on any atom is -0.494 e. The van der Waals surface area contributed by atoms with Crippen molar-refractivity contribution in [3.05, 3.63) is 77.4 Å². The second-order valence-corrected chi connectivity index (χ2v) is 6.51. The summed E-state index contributed by atoms with van der Waals surface area (Å²) in [6.45, 7) is 2.93. The molecular weight excluding hydrogens is 342 g/mol. The molecule has 0 fully saturated rings. The minimum atomic E-state index is -0.887. The Hall–Kier alpha value is -2.86. The zero-order valence-electron chi connectivity index (χ0n) is 15.4. The van der Waals surface area contributed by atoms with Crippen molar-refractivity contribution in [1.29, 1.82) is 0 Å². The van der Waals surface area contributed by atoms with Crippen LogP contribution in [0.1, 0.15) is 43.7 Å². The maximum atomic E-state index is 13.2. The number of fused-ring (bicyclic) bond motifs is 1. The summed E-state index contributed by atoms with van der Waals surface area (Å²) in [5.74, 6) is 4.99. The van der Waals surface area contributed by atoms with Crippen LogP contribution in [-0.4, -0.2) is 6.61 Å². The maximum Gasteiger partial charge on any atom is 0.160 e.